The van der Waals surface area contributed by atoms with Crippen molar-refractivity contribution in [2.45, 2.75) is 32.4 Å². The largest absolute Gasteiger partial charge is 0.406 e. The normalized spacial score (nSPS) is 21.2. The van der Waals surface area contributed by atoms with E-state index in [-0.39, 0.29) is 18.9 Å². The Kier molecular flexibility index (Phi) is 4.27. The highest BCUT2D eigenvalue weighted by molar-refractivity contribution is 6.00. The number of halogens is 3. The van der Waals surface area contributed by atoms with Crippen LogP contribution in [0.1, 0.15) is 24.0 Å². The standard InChI is InChI=1S/C17H19F3N2O2/c1-11-4-2-5-12-6-3-7-22(15(11)12)16(24)13-8-14(23)21(9-13)10-17(18,19)20/h2,4-5,13H,3,6-10H2,1H3. The molecule has 24 heavy (non-hydrogen) atoms. The van der Waals surface area contributed by atoms with Gasteiger partial charge in [-0.2, -0.15) is 13.2 Å². The second-order valence-electron chi connectivity index (χ2n) is 6.47. The number of likely N-dealkylation sites (tertiary alicyclic amines) is 1. The number of carbonyl (C=O) groups is 2. The summed E-state index contributed by atoms with van der Waals surface area (Å²) in [5.41, 5.74) is 2.90. The first kappa shape index (κ1) is 16.8. The van der Waals surface area contributed by atoms with Crippen molar-refractivity contribution >= 4 is 17.5 Å². The van der Waals surface area contributed by atoms with Crippen LogP contribution in [-0.4, -0.2) is 42.5 Å². The van der Waals surface area contributed by atoms with Gasteiger partial charge in [-0.25, -0.2) is 0 Å². The molecule has 0 bridgehead atoms. The Balaban J connectivity index is 1.78. The molecule has 2 aliphatic rings. The molecule has 1 aromatic carbocycles. The zero-order chi connectivity index (χ0) is 17.5. The second kappa shape index (κ2) is 6.11. The maximum absolute atomic E-state index is 12.8. The lowest BCUT2D eigenvalue weighted by atomic mass is 9.96. The van der Waals surface area contributed by atoms with E-state index in [1.165, 1.54) is 0 Å². The maximum atomic E-state index is 12.8. The molecule has 2 heterocycles. The zero-order valence-electron chi connectivity index (χ0n) is 13.4. The van der Waals surface area contributed by atoms with E-state index in [2.05, 4.69) is 0 Å². The lowest BCUT2D eigenvalue weighted by Gasteiger charge is -2.32. The SMILES string of the molecule is Cc1cccc2c1N(C(=O)C1CC(=O)N(CC(F)(F)F)C1)CCC2. The third-order valence-electron chi connectivity index (χ3n) is 4.62. The molecule has 3 rings (SSSR count). The van der Waals surface area contributed by atoms with E-state index in [1.54, 1.807) is 4.90 Å². The van der Waals surface area contributed by atoms with Crippen molar-refractivity contribution in [1.82, 2.24) is 4.90 Å². The molecule has 1 unspecified atom stereocenters. The summed E-state index contributed by atoms with van der Waals surface area (Å²) < 4.78 is 37.6. The monoisotopic (exact) mass is 340 g/mol. The van der Waals surface area contributed by atoms with Gasteiger partial charge in [0.1, 0.15) is 6.54 Å². The number of para-hydroxylation sites is 1. The summed E-state index contributed by atoms with van der Waals surface area (Å²) in [7, 11) is 0. The number of hydrogen-bond acceptors (Lipinski definition) is 2. The first-order valence-electron chi connectivity index (χ1n) is 8.00. The van der Waals surface area contributed by atoms with Crippen LogP contribution in [0.15, 0.2) is 18.2 Å². The van der Waals surface area contributed by atoms with E-state index in [0.29, 0.717) is 6.54 Å². The van der Waals surface area contributed by atoms with Gasteiger partial charge in [-0.15, -0.1) is 0 Å². The van der Waals surface area contributed by atoms with Gasteiger partial charge in [0.2, 0.25) is 11.8 Å². The van der Waals surface area contributed by atoms with Gasteiger partial charge in [-0.1, -0.05) is 18.2 Å². The number of fused-ring (bicyclic) bond motifs is 1. The van der Waals surface area contributed by atoms with Crippen molar-refractivity contribution in [3.8, 4) is 0 Å². The molecule has 0 aromatic heterocycles. The first-order valence-corrected chi connectivity index (χ1v) is 8.00. The minimum Gasteiger partial charge on any atom is -0.333 e. The van der Waals surface area contributed by atoms with Crippen LogP contribution in [0.5, 0.6) is 0 Å². The van der Waals surface area contributed by atoms with E-state index in [0.717, 1.165) is 34.6 Å². The first-order chi connectivity index (χ1) is 11.3. The molecule has 1 atom stereocenters. The highest BCUT2D eigenvalue weighted by Gasteiger charge is 2.42. The quantitative estimate of drug-likeness (QED) is 0.831. The minimum absolute atomic E-state index is 0.146. The van der Waals surface area contributed by atoms with Gasteiger partial charge in [-0.3, -0.25) is 9.59 Å². The molecule has 1 fully saturated rings. The summed E-state index contributed by atoms with van der Waals surface area (Å²) >= 11 is 0. The number of carbonyl (C=O) groups excluding carboxylic acids is 2. The van der Waals surface area contributed by atoms with Crippen molar-refractivity contribution in [2.75, 3.05) is 24.5 Å². The fourth-order valence-corrected chi connectivity index (χ4v) is 3.59. The average molecular weight is 340 g/mol. The summed E-state index contributed by atoms with van der Waals surface area (Å²) in [5, 5.41) is 0. The highest BCUT2D eigenvalue weighted by Crippen LogP contribution is 2.33. The van der Waals surface area contributed by atoms with Gasteiger partial charge in [0.25, 0.3) is 0 Å². The molecule has 4 nitrogen and oxygen atoms in total. The second-order valence-corrected chi connectivity index (χ2v) is 6.47. The molecule has 2 aliphatic heterocycles. The molecule has 130 valence electrons. The van der Waals surface area contributed by atoms with Crippen molar-refractivity contribution in [3.63, 3.8) is 0 Å². The number of rotatable bonds is 2. The Bertz CT molecular complexity index is 672. The molecular formula is C17H19F3N2O2. The predicted octanol–water partition coefficient (Wildman–Crippen LogP) is 2.69. The van der Waals surface area contributed by atoms with Gasteiger partial charge in [0, 0.05) is 25.2 Å². The van der Waals surface area contributed by atoms with Crippen LogP contribution < -0.4 is 4.90 Å². The van der Waals surface area contributed by atoms with E-state index >= 15 is 0 Å². The molecule has 2 amide bonds. The van der Waals surface area contributed by atoms with E-state index in [9.17, 15) is 22.8 Å². The molecule has 0 spiro atoms. The van der Waals surface area contributed by atoms with Crippen molar-refractivity contribution < 1.29 is 22.8 Å². The third-order valence-corrected chi connectivity index (χ3v) is 4.62. The zero-order valence-corrected chi connectivity index (χ0v) is 13.4. The number of aryl methyl sites for hydroxylation is 2. The molecule has 1 saturated heterocycles. The summed E-state index contributed by atoms with van der Waals surface area (Å²) in [5.74, 6) is -1.55. The Hall–Kier alpha value is -2.05. The number of benzene rings is 1. The summed E-state index contributed by atoms with van der Waals surface area (Å²) in [4.78, 5) is 27.1. The smallest absolute Gasteiger partial charge is 0.333 e. The van der Waals surface area contributed by atoms with Gasteiger partial charge in [0.15, 0.2) is 0 Å². The van der Waals surface area contributed by atoms with E-state index in [1.807, 2.05) is 25.1 Å². The third kappa shape index (κ3) is 3.25. The summed E-state index contributed by atoms with van der Waals surface area (Å²) in [6.07, 6.45) is -2.89. The number of anilines is 1. The molecule has 7 heteroatoms. The van der Waals surface area contributed by atoms with Crippen LogP contribution in [0.4, 0.5) is 18.9 Å². The van der Waals surface area contributed by atoms with Crippen molar-refractivity contribution in [3.05, 3.63) is 29.3 Å². The van der Waals surface area contributed by atoms with E-state index in [4.69, 9.17) is 0 Å². The fraction of sp³-hybridized carbons (Fsp3) is 0.529. The number of hydrogen-bond donors (Lipinski definition) is 0. The molecule has 1 aromatic rings. The van der Waals surface area contributed by atoms with Crippen LogP contribution in [0.2, 0.25) is 0 Å². The fourth-order valence-electron chi connectivity index (χ4n) is 3.59. The summed E-state index contributed by atoms with van der Waals surface area (Å²) in [6.45, 7) is 1.01. The highest BCUT2D eigenvalue weighted by atomic mass is 19.4. The lowest BCUT2D eigenvalue weighted by molar-refractivity contribution is -0.157. The van der Waals surface area contributed by atoms with Crippen LogP contribution in [-0.2, 0) is 16.0 Å². The van der Waals surface area contributed by atoms with Crippen LogP contribution in [0.3, 0.4) is 0 Å². The molecule has 0 saturated carbocycles. The topological polar surface area (TPSA) is 40.6 Å². The molecular weight excluding hydrogens is 321 g/mol. The molecule has 0 N–H and O–H groups in total. The number of alkyl halides is 3. The van der Waals surface area contributed by atoms with Crippen LogP contribution in [0, 0.1) is 12.8 Å². The van der Waals surface area contributed by atoms with Gasteiger partial charge >= 0.3 is 6.18 Å². The van der Waals surface area contributed by atoms with Crippen LogP contribution in [0.25, 0.3) is 0 Å². The van der Waals surface area contributed by atoms with Gasteiger partial charge in [0.05, 0.1) is 5.92 Å². The number of amides is 2. The Labute approximate surface area is 138 Å². The Morgan fingerprint density at radius 1 is 1.33 bits per heavy atom. The van der Waals surface area contributed by atoms with Crippen LogP contribution >= 0.6 is 0 Å². The predicted molar refractivity (Wildman–Crippen MR) is 82.6 cm³/mol. The average Bonchev–Trinajstić information content (AvgIpc) is 2.85. The molecule has 0 aliphatic carbocycles. The van der Waals surface area contributed by atoms with Crippen molar-refractivity contribution in [1.29, 1.82) is 0 Å². The molecule has 0 radical (unpaired) electrons. The minimum atomic E-state index is -4.44. The van der Waals surface area contributed by atoms with E-state index < -0.39 is 24.5 Å². The Morgan fingerprint density at radius 2 is 2.08 bits per heavy atom. The van der Waals surface area contributed by atoms with Crippen molar-refractivity contribution in [2.24, 2.45) is 5.92 Å². The Morgan fingerprint density at radius 3 is 2.79 bits per heavy atom. The van der Waals surface area contributed by atoms with Gasteiger partial charge in [-0.05, 0) is 30.9 Å². The number of nitrogens with zero attached hydrogens (tertiary/aromatic N) is 2. The maximum Gasteiger partial charge on any atom is 0.406 e. The summed E-state index contributed by atoms with van der Waals surface area (Å²) in [6, 6.07) is 5.82. The lowest BCUT2D eigenvalue weighted by Crippen LogP contribution is -2.41. The van der Waals surface area contributed by atoms with Gasteiger partial charge < -0.3 is 9.80 Å².